The van der Waals surface area contributed by atoms with Gasteiger partial charge in [-0.05, 0) is 30.6 Å². The topological polar surface area (TPSA) is 78.4 Å². The van der Waals surface area contributed by atoms with Gasteiger partial charge < -0.3 is 15.7 Å². The molecule has 0 aliphatic carbocycles. The van der Waals surface area contributed by atoms with E-state index >= 15 is 0 Å². The Hall–Kier alpha value is -1.83. The number of carbonyl (C=O) groups is 2. The van der Waals surface area contributed by atoms with Crippen molar-refractivity contribution in [1.29, 1.82) is 0 Å². The lowest BCUT2D eigenvalue weighted by Crippen LogP contribution is -2.43. The highest BCUT2D eigenvalue weighted by molar-refractivity contribution is 7.98. The van der Waals surface area contributed by atoms with Crippen LogP contribution in [-0.2, 0) is 4.79 Å². The van der Waals surface area contributed by atoms with Crippen LogP contribution in [0.25, 0.3) is 0 Å². The molecule has 0 unspecified atom stereocenters. The summed E-state index contributed by atoms with van der Waals surface area (Å²) in [6.45, 7) is 0. The molecular weight excluding hydrogens is 290 g/mol. The van der Waals surface area contributed by atoms with Crippen molar-refractivity contribution in [2.75, 3.05) is 17.3 Å². The van der Waals surface area contributed by atoms with Crippen LogP contribution in [-0.4, -0.2) is 35.2 Å². The smallest absolute Gasteiger partial charge is 0.326 e. The summed E-state index contributed by atoms with van der Waals surface area (Å²) in [5, 5.41) is 13.3. The maximum absolute atomic E-state index is 12.9. The lowest BCUT2D eigenvalue weighted by atomic mass is 10.2. The van der Waals surface area contributed by atoms with Gasteiger partial charge in [-0.3, -0.25) is 0 Å². The zero-order chi connectivity index (χ0) is 15.1. The summed E-state index contributed by atoms with van der Waals surface area (Å²) in [4.78, 5) is 22.5. The monoisotopic (exact) mass is 304 g/mol. The van der Waals surface area contributed by atoms with E-state index in [1.54, 1.807) is 0 Å². The predicted molar refractivity (Wildman–Crippen MR) is 72.9 cm³/mol. The molecule has 0 aliphatic heterocycles. The maximum Gasteiger partial charge on any atom is 0.326 e. The van der Waals surface area contributed by atoms with Gasteiger partial charge in [0.25, 0.3) is 0 Å². The Bertz CT molecular complexity index is 479. The molecule has 0 saturated heterocycles. The van der Waals surface area contributed by atoms with E-state index in [2.05, 4.69) is 10.6 Å². The van der Waals surface area contributed by atoms with Crippen molar-refractivity contribution in [3.8, 4) is 0 Å². The average Bonchev–Trinajstić information content (AvgIpc) is 2.32. The quantitative estimate of drug-likeness (QED) is 0.753. The molecule has 0 fully saturated rings. The number of aliphatic carboxylic acids is 1. The molecule has 1 atom stereocenters. The van der Waals surface area contributed by atoms with E-state index < -0.39 is 29.7 Å². The Morgan fingerprint density at radius 2 is 1.90 bits per heavy atom. The van der Waals surface area contributed by atoms with Crippen molar-refractivity contribution in [3.05, 3.63) is 29.8 Å². The predicted octanol–water partition coefficient (Wildman–Crippen LogP) is 2.29. The fraction of sp³-hybridized carbons (Fsp3) is 0.333. The Kier molecular flexibility index (Phi) is 6.23. The molecule has 0 aromatic heterocycles. The van der Waals surface area contributed by atoms with Crippen molar-refractivity contribution < 1.29 is 23.5 Å². The molecular formula is C12H14F2N2O3S. The van der Waals surface area contributed by atoms with Gasteiger partial charge in [-0.25, -0.2) is 18.4 Å². The van der Waals surface area contributed by atoms with E-state index in [1.165, 1.54) is 11.8 Å². The summed E-state index contributed by atoms with van der Waals surface area (Å²) in [7, 11) is 0. The van der Waals surface area contributed by atoms with Crippen LogP contribution in [0.3, 0.4) is 0 Å². The molecule has 5 nitrogen and oxygen atoms in total. The third-order valence-corrected chi connectivity index (χ3v) is 2.98. The van der Waals surface area contributed by atoms with Crippen LogP contribution >= 0.6 is 11.8 Å². The molecule has 20 heavy (non-hydrogen) atoms. The number of carboxylic acids is 1. The molecule has 8 heteroatoms. The number of carbonyl (C=O) groups excluding carboxylic acids is 1. The number of hydrogen-bond acceptors (Lipinski definition) is 3. The van der Waals surface area contributed by atoms with Crippen LogP contribution in [0.1, 0.15) is 6.42 Å². The Balaban J connectivity index is 2.63. The van der Waals surface area contributed by atoms with Gasteiger partial charge in [-0.15, -0.1) is 0 Å². The van der Waals surface area contributed by atoms with Crippen LogP contribution < -0.4 is 10.6 Å². The molecule has 3 N–H and O–H groups in total. The van der Waals surface area contributed by atoms with Crippen LogP contribution in [0.15, 0.2) is 18.2 Å². The van der Waals surface area contributed by atoms with E-state index in [0.717, 1.165) is 12.1 Å². The largest absolute Gasteiger partial charge is 0.480 e. The molecule has 1 aromatic rings. The molecule has 0 radical (unpaired) electrons. The first-order chi connectivity index (χ1) is 9.42. The number of halogens is 2. The van der Waals surface area contributed by atoms with Gasteiger partial charge >= 0.3 is 12.0 Å². The van der Waals surface area contributed by atoms with Crippen LogP contribution in [0, 0.1) is 11.6 Å². The van der Waals surface area contributed by atoms with E-state index in [0.29, 0.717) is 11.8 Å². The number of rotatable bonds is 6. The molecule has 1 aromatic carbocycles. The highest BCUT2D eigenvalue weighted by Gasteiger charge is 2.19. The summed E-state index contributed by atoms with van der Waals surface area (Å²) >= 11 is 1.45. The van der Waals surface area contributed by atoms with Gasteiger partial charge in [0, 0.05) is 11.8 Å². The summed E-state index contributed by atoms with van der Waals surface area (Å²) in [6, 6.07) is 0.645. The second-order valence-electron chi connectivity index (χ2n) is 3.93. The van der Waals surface area contributed by atoms with Crippen molar-refractivity contribution >= 4 is 29.4 Å². The normalized spacial score (nSPS) is 11.8. The van der Waals surface area contributed by atoms with Crippen LogP contribution in [0.5, 0.6) is 0 Å². The molecule has 0 heterocycles. The number of anilines is 1. The first-order valence-electron chi connectivity index (χ1n) is 5.67. The van der Waals surface area contributed by atoms with E-state index in [9.17, 15) is 18.4 Å². The van der Waals surface area contributed by atoms with Crippen molar-refractivity contribution in [3.63, 3.8) is 0 Å². The molecule has 0 bridgehead atoms. The van der Waals surface area contributed by atoms with Crippen molar-refractivity contribution in [1.82, 2.24) is 5.32 Å². The van der Waals surface area contributed by atoms with Gasteiger partial charge in [0.2, 0.25) is 0 Å². The van der Waals surface area contributed by atoms with E-state index in [1.807, 2.05) is 6.26 Å². The summed E-state index contributed by atoms with van der Waals surface area (Å²) in [5.74, 6) is -2.28. The molecule has 110 valence electrons. The second kappa shape index (κ2) is 7.68. The second-order valence-corrected chi connectivity index (χ2v) is 4.91. The minimum Gasteiger partial charge on any atom is -0.480 e. The summed E-state index contributed by atoms with van der Waals surface area (Å²) in [6.07, 6.45) is 2.07. The highest BCUT2D eigenvalue weighted by atomic mass is 32.2. The first-order valence-corrected chi connectivity index (χ1v) is 7.07. The van der Waals surface area contributed by atoms with Gasteiger partial charge in [-0.1, -0.05) is 0 Å². The fourth-order valence-corrected chi connectivity index (χ4v) is 1.92. The third kappa shape index (κ3) is 5.43. The first kappa shape index (κ1) is 16.2. The van der Waals surface area contributed by atoms with Gasteiger partial charge in [-0.2, -0.15) is 11.8 Å². The molecule has 0 aliphatic rings. The lowest BCUT2D eigenvalue weighted by Gasteiger charge is -2.14. The Labute approximate surface area is 118 Å². The number of carboxylic acid groups (broad SMARTS) is 1. The Morgan fingerprint density at radius 3 is 2.40 bits per heavy atom. The molecule has 1 rings (SSSR count). The fourth-order valence-electron chi connectivity index (χ4n) is 1.44. The number of hydrogen-bond donors (Lipinski definition) is 3. The number of amides is 2. The van der Waals surface area contributed by atoms with Crippen LogP contribution in [0.2, 0.25) is 0 Å². The van der Waals surface area contributed by atoms with Gasteiger partial charge in [0.15, 0.2) is 0 Å². The standard InChI is InChI=1S/C12H14F2N2O3S/c1-20-3-2-10(11(17)18)16-12(19)15-9-5-7(13)4-8(14)6-9/h4-6,10H,2-3H2,1H3,(H,17,18)(H2,15,16,19)/t10-/m1/s1. The van der Waals surface area contributed by atoms with E-state index in [-0.39, 0.29) is 12.1 Å². The SMILES string of the molecule is CSCC[C@@H](NC(=O)Nc1cc(F)cc(F)c1)C(=O)O. The zero-order valence-corrected chi connectivity index (χ0v) is 11.5. The van der Waals surface area contributed by atoms with Gasteiger partial charge in [0.05, 0.1) is 0 Å². The summed E-state index contributed by atoms with van der Waals surface area (Å²) < 4.78 is 25.9. The molecule has 0 saturated carbocycles. The number of urea groups is 1. The Morgan fingerprint density at radius 1 is 1.30 bits per heavy atom. The molecule has 0 spiro atoms. The van der Waals surface area contributed by atoms with Crippen LogP contribution in [0.4, 0.5) is 19.3 Å². The highest BCUT2D eigenvalue weighted by Crippen LogP contribution is 2.12. The zero-order valence-electron chi connectivity index (χ0n) is 10.7. The van der Waals surface area contributed by atoms with Crippen molar-refractivity contribution in [2.24, 2.45) is 0 Å². The maximum atomic E-state index is 12.9. The van der Waals surface area contributed by atoms with E-state index in [4.69, 9.17) is 5.11 Å². The third-order valence-electron chi connectivity index (χ3n) is 2.33. The number of thioether (sulfide) groups is 1. The number of nitrogens with one attached hydrogen (secondary N) is 2. The molecule has 2 amide bonds. The van der Waals surface area contributed by atoms with Crippen molar-refractivity contribution in [2.45, 2.75) is 12.5 Å². The average molecular weight is 304 g/mol. The number of benzene rings is 1. The lowest BCUT2D eigenvalue weighted by molar-refractivity contribution is -0.139. The minimum absolute atomic E-state index is 0.0889. The van der Waals surface area contributed by atoms with Gasteiger partial charge in [0.1, 0.15) is 17.7 Å². The summed E-state index contributed by atoms with van der Waals surface area (Å²) in [5.41, 5.74) is -0.0889. The minimum atomic E-state index is -1.17.